The third-order valence-electron chi connectivity index (χ3n) is 2.95. The first-order valence-corrected chi connectivity index (χ1v) is 6.60. The van der Waals surface area contributed by atoms with E-state index < -0.39 is 0 Å². The van der Waals surface area contributed by atoms with Crippen molar-refractivity contribution in [2.75, 3.05) is 18.5 Å². The van der Waals surface area contributed by atoms with Crippen LogP contribution in [0.2, 0.25) is 0 Å². The minimum atomic E-state index is 0.0989. The molecule has 3 nitrogen and oxygen atoms in total. The Morgan fingerprint density at radius 3 is 2.65 bits per heavy atom. The maximum absolute atomic E-state index is 7.40. The number of nitrogens with zero attached hydrogens (tertiary/aromatic N) is 1. The number of benzene rings is 1. The average Bonchev–Trinajstić information content (AvgIpc) is 2.28. The van der Waals surface area contributed by atoms with Gasteiger partial charge in [-0.2, -0.15) is 0 Å². The highest BCUT2D eigenvalue weighted by Gasteiger charge is 2.10. The molecule has 0 saturated heterocycles. The van der Waals surface area contributed by atoms with E-state index in [1.165, 1.54) is 6.42 Å². The number of nitrogens with two attached hydrogens (primary N) is 1. The molecule has 0 fully saturated rings. The topological polar surface area (TPSA) is 53.1 Å². The molecule has 0 heterocycles. The molecular formula is C13H20BrN3. The molecule has 0 aliphatic carbocycles. The van der Waals surface area contributed by atoms with Crippen LogP contribution in [0.1, 0.15) is 25.8 Å². The van der Waals surface area contributed by atoms with E-state index in [1.807, 2.05) is 18.2 Å². The first kappa shape index (κ1) is 14.0. The predicted molar refractivity (Wildman–Crippen MR) is 77.9 cm³/mol. The lowest BCUT2D eigenvalue weighted by atomic mass is 10.1. The van der Waals surface area contributed by atoms with E-state index in [0.29, 0.717) is 5.92 Å². The number of hydrogen-bond donors (Lipinski definition) is 2. The SMILES string of the molecule is CCC(C)CN(C)c1ccc(C(=N)N)cc1Br. The molecule has 0 spiro atoms. The van der Waals surface area contributed by atoms with Crippen LogP contribution in [-0.4, -0.2) is 19.4 Å². The number of nitrogen functional groups attached to an aromatic ring is 1. The number of amidine groups is 1. The molecule has 1 aromatic carbocycles. The fraction of sp³-hybridized carbons (Fsp3) is 0.462. The average molecular weight is 298 g/mol. The second kappa shape index (κ2) is 6.05. The normalized spacial score (nSPS) is 12.2. The zero-order valence-corrected chi connectivity index (χ0v) is 12.2. The zero-order valence-electron chi connectivity index (χ0n) is 10.6. The van der Waals surface area contributed by atoms with Crippen molar-refractivity contribution in [2.45, 2.75) is 20.3 Å². The molecule has 0 saturated carbocycles. The van der Waals surface area contributed by atoms with Crippen molar-refractivity contribution in [3.05, 3.63) is 28.2 Å². The molecule has 4 heteroatoms. The number of anilines is 1. The van der Waals surface area contributed by atoms with Gasteiger partial charge in [-0.3, -0.25) is 5.41 Å². The van der Waals surface area contributed by atoms with Crippen LogP contribution in [0.25, 0.3) is 0 Å². The first-order valence-electron chi connectivity index (χ1n) is 5.80. The molecular weight excluding hydrogens is 278 g/mol. The van der Waals surface area contributed by atoms with Crippen LogP contribution in [0, 0.1) is 11.3 Å². The zero-order chi connectivity index (χ0) is 13.0. The lowest BCUT2D eigenvalue weighted by Gasteiger charge is -2.24. The van der Waals surface area contributed by atoms with Crippen molar-refractivity contribution in [3.63, 3.8) is 0 Å². The highest BCUT2D eigenvalue weighted by atomic mass is 79.9. The Labute approximate surface area is 112 Å². The van der Waals surface area contributed by atoms with E-state index in [-0.39, 0.29) is 5.84 Å². The molecule has 3 N–H and O–H groups in total. The van der Waals surface area contributed by atoms with Crippen LogP contribution in [0.5, 0.6) is 0 Å². The molecule has 17 heavy (non-hydrogen) atoms. The largest absolute Gasteiger partial charge is 0.384 e. The Morgan fingerprint density at radius 2 is 2.18 bits per heavy atom. The van der Waals surface area contributed by atoms with Crippen LogP contribution in [0.3, 0.4) is 0 Å². The van der Waals surface area contributed by atoms with Gasteiger partial charge in [0.2, 0.25) is 0 Å². The second-order valence-corrected chi connectivity index (χ2v) is 5.33. The summed E-state index contributed by atoms with van der Waals surface area (Å²) in [5, 5.41) is 7.40. The summed E-state index contributed by atoms with van der Waals surface area (Å²) in [5.41, 5.74) is 7.34. The maximum atomic E-state index is 7.40. The summed E-state index contributed by atoms with van der Waals surface area (Å²) >= 11 is 3.53. The molecule has 0 aromatic heterocycles. The van der Waals surface area contributed by atoms with Crippen LogP contribution in [-0.2, 0) is 0 Å². The third-order valence-corrected chi connectivity index (χ3v) is 3.59. The molecule has 0 bridgehead atoms. The Bertz CT molecular complexity index is 404. The number of rotatable bonds is 5. The van der Waals surface area contributed by atoms with Gasteiger partial charge in [-0.1, -0.05) is 20.3 Å². The van der Waals surface area contributed by atoms with Crippen molar-refractivity contribution < 1.29 is 0 Å². The van der Waals surface area contributed by atoms with Crippen LogP contribution in [0.15, 0.2) is 22.7 Å². The van der Waals surface area contributed by atoms with E-state index in [0.717, 1.165) is 22.3 Å². The van der Waals surface area contributed by atoms with Crippen molar-refractivity contribution in [3.8, 4) is 0 Å². The van der Waals surface area contributed by atoms with Gasteiger partial charge in [0.25, 0.3) is 0 Å². The smallest absolute Gasteiger partial charge is 0.122 e. The second-order valence-electron chi connectivity index (χ2n) is 4.47. The summed E-state index contributed by atoms with van der Waals surface area (Å²) < 4.78 is 0.982. The molecule has 1 unspecified atom stereocenters. The minimum Gasteiger partial charge on any atom is -0.384 e. The first-order chi connectivity index (χ1) is 7.95. The van der Waals surface area contributed by atoms with Gasteiger partial charge < -0.3 is 10.6 Å². The quantitative estimate of drug-likeness (QED) is 0.648. The summed E-state index contributed by atoms with van der Waals surface area (Å²) in [7, 11) is 2.08. The lowest BCUT2D eigenvalue weighted by molar-refractivity contribution is 0.559. The van der Waals surface area contributed by atoms with Gasteiger partial charge in [0.05, 0.1) is 5.69 Å². The number of halogens is 1. The van der Waals surface area contributed by atoms with E-state index in [9.17, 15) is 0 Å². The summed E-state index contributed by atoms with van der Waals surface area (Å²) in [5.74, 6) is 0.765. The molecule has 94 valence electrons. The van der Waals surface area contributed by atoms with Gasteiger partial charge in [0.1, 0.15) is 5.84 Å². The molecule has 1 atom stereocenters. The maximum Gasteiger partial charge on any atom is 0.122 e. The van der Waals surface area contributed by atoms with Crippen molar-refractivity contribution in [2.24, 2.45) is 11.7 Å². The van der Waals surface area contributed by atoms with Gasteiger partial charge in [-0.05, 0) is 40.0 Å². The van der Waals surface area contributed by atoms with Crippen LogP contribution < -0.4 is 10.6 Å². The van der Waals surface area contributed by atoms with Gasteiger partial charge >= 0.3 is 0 Å². The fourth-order valence-electron chi connectivity index (χ4n) is 1.68. The minimum absolute atomic E-state index is 0.0989. The van der Waals surface area contributed by atoms with E-state index >= 15 is 0 Å². The Morgan fingerprint density at radius 1 is 1.53 bits per heavy atom. The van der Waals surface area contributed by atoms with Gasteiger partial charge in [0.15, 0.2) is 0 Å². The number of nitrogens with one attached hydrogen (secondary N) is 1. The van der Waals surface area contributed by atoms with E-state index in [1.54, 1.807) is 0 Å². The Kier molecular flexibility index (Phi) is 5.00. The molecule has 1 rings (SSSR count). The highest BCUT2D eigenvalue weighted by molar-refractivity contribution is 9.10. The van der Waals surface area contributed by atoms with E-state index in [4.69, 9.17) is 11.1 Å². The van der Waals surface area contributed by atoms with Crippen LogP contribution >= 0.6 is 15.9 Å². The van der Waals surface area contributed by atoms with Crippen molar-refractivity contribution in [1.29, 1.82) is 5.41 Å². The lowest BCUT2D eigenvalue weighted by Crippen LogP contribution is -2.24. The van der Waals surface area contributed by atoms with Crippen molar-refractivity contribution in [1.82, 2.24) is 0 Å². The van der Waals surface area contributed by atoms with Gasteiger partial charge in [0, 0.05) is 23.6 Å². The van der Waals surface area contributed by atoms with Crippen molar-refractivity contribution >= 4 is 27.5 Å². The molecule has 1 aromatic rings. The predicted octanol–water partition coefficient (Wildman–Crippen LogP) is 3.22. The Balaban J connectivity index is 2.88. The summed E-state index contributed by atoms with van der Waals surface area (Å²) in [6, 6.07) is 5.78. The van der Waals surface area contributed by atoms with Crippen LogP contribution in [0.4, 0.5) is 5.69 Å². The molecule has 0 aliphatic rings. The Hall–Kier alpha value is -1.03. The molecule has 0 amide bonds. The standard InChI is InChI=1S/C13H20BrN3/c1-4-9(2)8-17(3)12-6-5-10(13(15)16)7-11(12)14/h5-7,9H,4,8H2,1-3H3,(H3,15,16). The monoisotopic (exact) mass is 297 g/mol. The van der Waals surface area contributed by atoms with Gasteiger partial charge in [-0.15, -0.1) is 0 Å². The van der Waals surface area contributed by atoms with Gasteiger partial charge in [-0.25, -0.2) is 0 Å². The number of hydrogen-bond acceptors (Lipinski definition) is 2. The molecule has 0 aliphatic heterocycles. The summed E-state index contributed by atoms with van der Waals surface area (Å²) in [4.78, 5) is 2.22. The highest BCUT2D eigenvalue weighted by Crippen LogP contribution is 2.27. The third kappa shape index (κ3) is 3.73. The van der Waals surface area contributed by atoms with E-state index in [2.05, 4.69) is 41.7 Å². The molecule has 0 radical (unpaired) electrons. The fourth-order valence-corrected chi connectivity index (χ4v) is 2.36. The summed E-state index contributed by atoms with van der Waals surface area (Å²) in [6.45, 7) is 5.47. The summed E-state index contributed by atoms with van der Waals surface area (Å²) in [6.07, 6.45) is 1.17.